The van der Waals surface area contributed by atoms with Gasteiger partial charge in [-0.15, -0.1) is 12.4 Å². The molecule has 90 valence electrons. The Kier molecular flexibility index (Phi) is 4.63. The Morgan fingerprint density at radius 3 is 2.50 bits per heavy atom. The lowest BCUT2D eigenvalue weighted by Gasteiger charge is -2.34. The molecule has 3 heteroatoms. The zero-order chi connectivity index (χ0) is 10.7. The quantitative estimate of drug-likeness (QED) is 0.863. The molecule has 2 rings (SSSR count). The van der Waals surface area contributed by atoms with Crippen LogP contribution in [0.2, 0.25) is 0 Å². The number of ether oxygens (including phenoxy) is 1. The molecule has 2 nitrogen and oxygen atoms in total. The zero-order valence-electron chi connectivity index (χ0n) is 9.74. The van der Waals surface area contributed by atoms with Crippen molar-refractivity contribution in [3.05, 3.63) is 29.8 Å². The van der Waals surface area contributed by atoms with E-state index in [-0.39, 0.29) is 17.9 Å². The lowest BCUT2D eigenvalue weighted by atomic mass is 9.77. The van der Waals surface area contributed by atoms with Crippen LogP contribution in [0.15, 0.2) is 24.3 Å². The second-order valence-electron chi connectivity index (χ2n) is 4.45. The number of benzene rings is 1. The van der Waals surface area contributed by atoms with Crippen molar-refractivity contribution < 1.29 is 4.74 Å². The number of nitrogens with two attached hydrogens (primary N) is 1. The summed E-state index contributed by atoms with van der Waals surface area (Å²) in [4.78, 5) is 0. The second kappa shape index (κ2) is 5.55. The molecule has 1 aliphatic carbocycles. The maximum Gasteiger partial charge on any atom is 0.119 e. The van der Waals surface area contributed by atoms with Crippen LogP contribution in [0, 0.1) is 0 Å². The first-order valence-corrected chi connectivity index (χ1v) is 5.68. The lowest BCUT2D eigenvalue weighted by Crippen LogP contribution is -2.38. The van der Waals surface area contributed by atoms with Crippen LogP contribution in [0.5, 0.6) is 5.75 Å². The number of methoxy groups -OCH3 is 1. The van der Waals surface area contributed by atoms with E-state index in [0.717, 1.165) is 18.6 Å². The van der Waals surface area contributed by atoms with Crippen molar-refractivity contribution >= 4 is 12.4 Å². The third kappa shape index (κ3) is 2.69. The molecular formula is C13H20ClNO. The fourth-order valence-corrected chi connectivity index (χ4v) is 2.40. The first-order chi connectivity index (χ1) is 7.24. The average Bonchev–Trinajstić information content (AvgIpc) is 2.30. The molecule has 0 amide bonds. The summed E-state index contributed by atoms with van der Waals surface area (Å²) in [5, 5.41) is 0. The van der Waals surface area contributed by atoms with Crippen molar-refractivity contribution in [1.29, 1.82) is 0 Å². The fraction of sp³-hybridized carbons (Fsp3) is 0.538. The molecule has 0 aromatic heterocycles. The Morgan fingerprint density at radius 2 is 1.88 bits per heavy atom. The fourth-order valence-electron chi connectivity index (χ4n) is 2.40. The van der Waals surface area contributed by atoms with Crippen LogP contribution in [-0.2, 0) is 5.54 Å². The van der Waals surface area contributed by atoms with E-state index in [4.69, 9.17) is 10.5 Å². The van der Waals surface area contributed by atoms with Crippen LogP contribution < -0.4 is 10.5 Å². The Balaban J connectivity index is 0.00000128. The van der Waals surface area contributed by atoms with Gasteiger partial charge >= 0.3 is 0 Å². The summed E-state index contributed by atoms with van der Waals surface area (Å²) in [7, 11) is 1.70. The highest BCUT2D eigenvalue weighted by atomic mass is 35.5. The molecule has 0 atom stereocenters. The van der Waals surface area contributed by atoms with E-state index in [0.29, 0.717) is 0 Å². The lowest BCUT2D eigenvalue weighted by molar-refractivity contribution is 0.301. The molecule has 1 fully saturated rings. The van der Waals surface area contributed by atoms with Gasteiger partial charge < -0.3 is 10.5 Å². The topological polar surface area (TPSA) is 35.2 Å². The van der Waals surface area contributed by atoms with E-state index in [1.165, 1.54) is 24.8 Å². The molecular weight excluding hydrogens is 222 g/mol. The third-order valence-corrected chi connectivity index (χ3v) is 3.39. The van der Waals surface area contributed by atoms with Gasteiger partial charge in [0.25, 0.3) is 0 Å². The summed E-state index contributed by atoms with van der Waals surface area (Å²) in [5.41, 5.74) is 7.55. The van der Waals surface area contributed by atoms with Gasteiger partial charge in [0.2, 0.25) is 0 Å². The van der Waals surface area contributed by atoms with Crippen LogP contribution in [0.25, 0.3) is 0 Å². The second-order valence-corrected chi connectivity index (χ2v) is 4.45. The summed E-state index contributed by atoms with van der Waals surface area (Å²) >= 11 is 0. The molecule has 1 aromatic carbocycles. The van der Waals surface area contributed by atoms with Crippen LogP contribution in [0.1, 0.15) is 37.7 Å². The normalized spacial score (nSPS) is 18.6. The molecule has 0 unspecified atom stereocenters. The Hall–Kier alpha value is -0.730. The van der Waals surface area contributed by atoms with Gasteiger partial charge in [0.05, 0.1) is 7.11 Å². The predicted octanol–water partition coefficient (Wildman–Crippen LogP) is 3.24. The highest BCUT2D eigenvalue weighted by Gasteiger charge is 2.29. The van der Waals surface area contributed by atoms with E-state index in [9.17, 15) is 0 Å². The summed E-state index contributed by atoms with van der Waals surface area (Å²) in [6, 6.07) is 8.19. The SMILES string of the molecule is COc1cccc(C2(N)CCCCC2)c1.Cl. The van der Waals surface area contributed by atoms with Gasteiger partial charge in [0.15, 0.2) is 0 Å². The average molecular weight is 242 g/mol. The largest absolute Gasteiger partial charge is 0.497 e. The van der Waals surface area contributed by atoms with Crippen LogP contribution in [0.3, 0.4) is 0 Å². The van der Waals surface area contributed by atoms with Gasteiger partial charge in [-0.2, -0.15) is 0 Å². The molecule has 0 saturated heterocycles. The number of hydrogen-bond acceptors (Lipinski definition) is 2. The van der Waals surface area contributed by atoms with Gasteiger partial charge in [-0.25, -0.2) is 0 Å². The summed E-state index contributed by atoms with van der Waals surface area (Å²) in [5.74, 6) is 0.905. The molecule has 1 aliphatic rings. The van der Waals surface area contributed by atoms with Gasteiger partial charge in [-0.1, -0.05) is 31.4 Å². The monoisotopic (exact) mass is 241 g/mol. The van der Waals surface area contributed by atoms with Gasteiger partial charge in [0.1, 0.15) is 5.75 Å². The minimum atomic E-state index is -0.118. The molecule has 0 aliphatic heterocycles. The molecule has 0 radical (unpaired) electrons. The minimum Gasteiger partial charge on any atom is -0.497 e. The van der Waals surface area contributed by atoms with Crippen molar-refractivity contribution in [3.63, 3.8) is 0 Å². The van der Waals surface area contributed by atoms with Crippen LogP contribution in [0.4, 0.5) is 0 Å². The van der Waals surface area contributed by atoms with E-state index in [2.05, 4.69) is 12.1 Å². The van der Waals surface area contributed by atoms with E-state index >= 15 is 0 Å². The van der Waals surface area contributed by atoms with Gasteiger partial charge in [0, 0.05) is 5.54 Å². The van der Waals surface area contributed by atoms with E-state index in [1.54, 1.807) is 7.11 Å². The molecule has 16 heavy (non-hydrogen) atoms. The number of halogens is 1. The molecule has 1 aromatic rings. The van der Waals surface area contributed by atoms with Crippen LogP contribution >= 0.6 is 12.4 Å². The molecule has 0 heterocycles. The Morgan fingerprint density at radius 1 is 1.19 bits per heavy atom. The maximum absolute atomic E-state index is 6.45. The van der Waals surface area contributed by atoms with E-state index < -0.39 is 0 Å². The van der Waals surface area contributed by atoms with Crippen molar-refractivity contribution in [3.8, 4) is 5.75 Å². The highest BCUT2D eigenvalue weighted by molar-refractivity contribution is 5.85. The molecule has 0 spiro atoms. The zero-order valence-corrected chi connectivity index (χ0v) is 10.6. The van der Waals surface area contributed by atoms with Gasteiger partial charge in [-0.3, -0.25) is 0 Å². The Bertz CT molecular complexity index is 334. The first kappa shape index (κ1) is 13.3. The third-order valence-electron chi connectivity index (χ3n) is 3.39. The Labute approximate surface area is 104 Å². The standard InChI is InChI=1S/C13H19NO.ClH/c1-15-12-7-5-6-11(10-12)13(14)8-3-2-4-9-13;/h5-7,10H,2-4,8-9,14H2,1H3;1H. The molecule has 2 N–H and O–H groups in total. The maximum atomic E-state index is 6.45. The van der Waals surface area contributed by atoms with Crippen molar-refractivity contribution in [1.82, 2.24) is 0 Å². The summed E-state index contributed by atoms with van der Waals surface area (Å²) in [6.45, 7) is 0. The summed E-state index contributed by atoms with van der Waals surface area (Å²) < 4.78 is 5.24. The van der Waals surface area contributed by atoms with Crippen molar-refractivity contribution in [2.75, 3.05) is 7.11 Å². The first-order valence-electron chi connectivity index (χ1n) is 5.68. The smallest absolute Gasteiger partial charge is 0.119 e. The van der Waals surface area contributed by atoms with Crippen LogP contribution in [-0.4, -0.2) is 7.11 Å². The molecule has 1 saturated carbocycles. The van der Waals surface area contributed by atoms with Gasteiger partial charge in [-0.05, 0) is 30.5 Å². The molecule has 0 bridgehead atoms. The van der Waals surface area contributed by atoms with Crippen molar-refractivity contribution in [2.45, 2.75) is 37.6 Å². The highest BCUT2D eigenvalue weighted by Crippen LogP contribution is 2.35. The number of rotatable bonds is 2. The predicted molar refractivity (Wildman–Crippen MR) is 69.2 cm³/mol. The number of hydrogen-bond donors (Lipinski definition) is 1. The minimum absolute atomic E-state index is 0. The van der Waals surface area contributed by atoms with E-state index in [1.807, 2.05) is 12.1 Å². The summed E-state index contributed by atoms with van der Waals surface area (Å²) in [6.07, 6.45) is 6.00. The van der Waals surface area contributed by atoms with Crippen molar-refractivity contribution in [2.24, 2.45) is 5.73 Å².